The Balaban J connectivity index is 1.68. The van der Waals surface area contributed by atoms with Crippen LogP contribution >= 0.6 is 0 Å². The maximum Gasteiger partial charge on any atom is 0.253 e. The molecule has 0 atom stereocenters. The largest absolute Gasteiger partial charge is 0.339 e. The first-order valence-corrected chi connectivity index (χ1v) is 10.6. The van der Waals surface area contributed by atoms with Gasteiger partial charge in [0.2, 0.25) is 10.0 Å². The molecule has 7 heteroatoms. The molecule has 1 aromatic rings. The monoisotopic (exact) mass is 375 g/mol. The van der Waals surface area contributed by atoms with Gasteiger partial charge in [0.05, 0.1) is 11.0 Å². The van der Waals surface area contributed by atoms with Crippen molar-refractivity contribution in [3.63, 3.8) is 0 Å². The minimum atomic E-state index is -3.49. The number of amides is 1. The molecule has 140 valence electrons. The number of benzene rings is 1. The number of hydrogen-bond donors (Lipinski definition) is 0. The van der Waals surface area contributed by atoms with Crippen molar-refractivity contribution in [2.75, 3.05) is 26.2 Å². The highest BCUT2D eigenvalue weighted by Gasteiger charge is 2.28. The summed E-state index contributed by atoms with van der Waals surface area (Å²) in [7, 11) is -3.49. The van der Waals surface area contributed by atoms with Gasteiger partial charge in [0.25, 0.3) is 5.91 Å². The van der Waals surface area contributed by atoms with Crippen LogP contribution in [0.15, 0.2) is 29.2 Å². The normalized spacial score (nSPS) is 20.7. The van der Waals surface area contributed by atoms with E-state index in [4.69, 9.17) is 5.26 Å². The number of sulfonamides is 1. The van der Waals surface area contributed by atoms with Crippen LogP contribution in [0.5, 0.6) is 0 Å². The third-order valence-electron chi connectivity index (χ3n) is 5.45. The van der Waals surface area contributed by atoms with Crippen LogP contribution in [0.4, 0.5) is 0 Å². The van der Waals surface area contributed by atoms with Gasteiger partial charge in [0, 0.05) is 37.7 Å². The molecule has 0 aliphatic carbocycles. The second-order valence-corrected chi connectivity index (χ2v) is 9.24. The van der Waals surface area contributed by atoms with Gasteiger partial charge in [-0.3, -0.25) is 4.79 Å². The van der Waals surface area contributed by atoms with E-state index in [1.807, 2.05) is 0 Å². The van der Waals surface area contributed by atoms with E-state index < -0.39 is 10.0 Å². The van der Waals surface area contributed by atoms with Crippen molar-refractivity contribution in [1.29, 1.82) is 5.26 Å². The summed E-state index contributed by atoms with van der Waals surface area (Å²) in [5.41, 5.74) is 0.492. The second-order valence-electron chi connectivity index (χ2n) is 7.31. The molecule has 0 N–H and O–H groups in total. The predicted molar refractivity (Wildman–Crippen MR) is 97.8 cm³/mol. The molecular weight excluding hydrogens is 350 g/mol. The molecule has 2 fully saturated rings. The minimum absolute atomic E-state index is 0.0267. The lowest BCUT2D eigenvalue weighted by Crippen LogP contribution is -2.38. The number of rotatable bonds is 3. The molecule has 0 radical (unpaired) electrons. The third-order valence-corrected chi connectivity index (χ3v) is 7.36. The smallest absolute Gasteiger partial charge is 0.253 e. The maximum atomic E-state index is 12.7. The van der Waals surface area contributed by atoms with Gasteiger partial charge in [-0.2, -0.15) is 9.57 Å². The van der Waals surface area contributed by atoms with Crippen molar-refractivity contribution >= 4 is 15.9 Å². The second kappa shape index (κ2) is 7.77. The first kappa shape index (κ1) is 18.9. The zero-order valence-electron chi connectivity index (χ0n) is 15.1. The Morgan fingerprint density at radius 3 is 2.15 bits per heavy atom. The summed E-state index contributed by atoms with van der Waals surface area (Å²) in [4.78, 5) is 14.6. The Hall–Kier alpha value is -1.91. The average Bonchev–Trinajstić information content (AvgIpc) is 2.68. The van der Waals surface area contributed by atoms with E-state index in [9.17, 15) is 13.2 Å². The molecular formula is C19H25N3O3S. The fourth-order valence-corrected chi connectivity index (χ4v) is 5.01. The van der Waals surface area contributed by atoms with E-state index in [0.29, 0.717) is 50.5 Å². The Morgan fingerprint density at radius 1 is 1.04 bits per heavy atom. The molecule has 1 amide bonds. The number of hydrogen-bond acceptors (Lipinski definition) is 4. The van der Waals surface area contributed by atoms with Gasteiger partial charge in [-0.15, -0.1) is 0 Å². The molecule has 2 saturated heterocycles. The number of carbonyl (C=O) groups excluding carboxylic acids is 1. The first-order chi connectivity index (χ1) is 12.4. The summed E-state index contributed by atoms with van der Waals surface area (Å²) in [5, 5.41) is 8.95. The van der Waals surface area contributed by atoms with Gasteiger partial charge in [0.1, 0.15) is 0 Å². The average molecular weight is 375 g/mol. The molecule has 0 bridgehead atoms. The number of nitrogens with zero attached hydrogens (tertiary/aromatic N) is 3. The minimum Gasteiger partial charge on any atom is -0.339 e. The highest BCUT2D eigenvalue weighted by atomic mass is 32.2. The highest BCUT2D eigenvalue weighted by molar-refractivity contribution is 7.89. The fourth-order valence-electron chi connectivity index (χ4n) is 3.54. The van der Waals surface area contributed by atoms with E-state index in [-0.39, 0.29) is 16.7 Å². The van der Waals surface area contributed by atoms with Crippen LogP contribution in [-0.2, 0) is 10.0 Å². The molecule has 3 rings (SSSR count). The van der Waals surface area contributed by atoms with E-state index in [2.05, 4.69) is 13.0 Å². The lowest BCUT2D eigenvalue weighted by molar-refractivity contribution is 0.0707. The molecule has 6 nitrogen and oxygen atoms in total. The van der Waals surface area contributed by atoms with Crippen molar-refractivity contribution in [2.45, 2.75) is 37.5 Å². The summed E-state index contributed by atoms with van der Waals surface area (Å²) >= 11 is 0. The molecule has 26 heavy (non-hydrogen) atoms. The Bertz CT molecular complexity index is 782. The summed E-state index contributed by atoms with van der Waals surface area (Å²) in [5.74, 6) is 0.489. The van der Waals surface area contributed by atoms with Crippen molar-refractivity contribution in [1.82, 2.24) is 9.21 Å². The molecule has 0 spiro atoms. The van der Waals surface area contributed by atoms with Gasteiger partial charge in [-0.05, 0) is 55.9 Å². The van der Waals surface area contributed by atoms with Crippen LogP contribution in [0, 0.1) is 23.2 Å². The van der Waals surface area contributed by atoms with Crippen LogP contribution in [0.1, 0.15) is 43.0 Å². The summed E-state index contributed by atoms with van der Waals surface area (Å²) in [6.45, 7) is 4.39. The Morgan fingerprint density at radius 2 is 1.62 bits per heavy atom. The topological polar surface area (TPSA) is 81.5 Å². The van der Waals surface area contributed by atoms with Gasteiger partial charge in [-0.1, -0.05) is 6.92 Å². The van der Waals surface area contributed by atoms with Crippen molar-refractivity contribution in [2.24, 2.45) is 11.8 Å². The summed E-state index contributed by atoms with van der Waals surface area (Å²) in [6, 6.07) is 8.50. The SMILES string of the molecule is CC1CCN(S(=O)(=O)c2ccc(C(=O)N3CCC(C#N)CC3)cc2)CC1. The number of nitriles is 1. The van der Waals surface area contributed by atoms with E-state index in [1.165, 1.54) is 16.4 Å². The van der Waals surface area contributed by atoms with Crippen LogP contribution in [0.25, 0.3) is 0 Å². The van der Waals surface area contributed by atoms with Crippen LogP contribution in [0.3, 0.4) is 0 Å². The van der Waals surface area contributed by atoms with Crippen molar-refractivity contribution < 1.29 is 13.2 Å². The van der Waals surface area contributed by atoms with E-state index >= 15 is 0 Å². The maximum absolute atomic E-state index is 12.7. The molecule has 2 aliphatic heterocycles. The Labute approximate surface area is 155 Å². The summed E-state index contributed by atoms with van der Waals surface area (Å²) in [6.07, 6.45) is 3.16. The standard InChI is InChI=1S/C19H25N3O3S/c1-15-6-12-22(13-7-15)26(24,25)18-4-2-17(3-5-18)19(23)21-10-8-16(14-20)9-11-21/h2-5,15-16H,6-13H2,1H3. The third kappa shape index (κ3) is 3.92. The number of carbonyl (C=O) groups is 1. The van der Waals surface area contributed by atoms with E-state index in [1.54, 1.807) is 17.0 Å². The lowest BCUT2D eigenvalue weighted by atomic mass is 9.98. The Kier molecular flexibility index (Phi) is 5.64. The zero-order valence-corrected chi connectivity index (χ0v) is 15.9. The number of likely N-dealkylation sites (tertiary alicyclic amines) is 1. The first-order valence-electron chi connectivity index (χ1n) is 9.21. The number of piperidine rings is 2. The zero-order chi connectivity index (χ0) is 18.7. The van der Waals surface area contributed by atoms with Crippen LogP contribution in [-0.4, -0.2) is 49.7 Å². The molecule has 0 saturated carbocycles. The van der Waals surface area contributed by atoms with Crippen molar-refractivity contribution in [3.8, 4) is 6.07 Å². The van der Waals surface area contributed by atoms with Gasteiger partial charge < -0.3 is 4.90 Å². The molecule has 0 unspecified atom stereocenters. The van der Waals surface area contributed by atoms with E-state index in [0.717, 1.165) is 12.8 Å². The van der Waals surface area contributed by atoms with Crippen LogP contribution in [0.2, 0.25) is 0 Å². The van der Waals surface area contributed by atoms with Crippen molar-refractivity contribution in [3.05, 3.63) is 29.8 Å². The van der Waals surface area contributed by atoms with Crippen LogP contribution < -0.4 is 0 Å². The quantitative estimate of drug-likeness (QED) is 0.813. The van der Waals surface area contributed by atoms with Gasteiger partial charge in [0.15, 0.2) is 0 Å². The molecule has 2 aliphatic rings. The van der Waals surface area contributed by atoms with Gasteiger partial charge in [-0.25, -0.2) is 8.42 Å². The molecule has 1 aromatic carbocycles. The lowest BCUT2D eigenvalue weighted by Gasteiger charge is -2.30. The molecule has 0 aromatic heterocycles. The summed E-state index contributed by atoms with van der Waals surface area (Å²) < 4.78 is 27.0. The highest BCUT2D eigenvalue weighted by Crippen LogP contribution is 2.24. The molecule has 2 heterocycles. The predicted octanol–water partition coefficient (Wildman–Crippen LogP) is 2.48. The van der Waals surface area contributed by atoms with Gasteiger partial charge >= 0.3 is 0 Å². The fraction of sp³-hybridized carbons (Fsp3) is 0.579.